The fraction of sp³-hybridized carbons (Fsp3) is 0.333. The lowest BCUT2D eigenvalue weighted by molar-refractivity contribution is 0.198. The lowest BCUT2D eigenvalue weighted by atomic mass is 10.1. The van der Waals surface area contributed by atoms with Gasteiger partial charge in [-0.3, -0.25) is 0 Å². The molecule has 90 valence electrons. The highest BCUT2D eigenvalue weighted by atomic mass is 16.5. The van der Waals surface area contributed by atoms with E-state index in [0.29, 0.717) is 6.73 Å². The first-order chi connectivity index (χ1) is 8.22. The molecule has 1 aliphatic rings. The van der Waals surface area contributed by atoms with Crippen molar-refractivity contribution in [2.45, 2.75) is 20.8 Å². The van der Waals surface area contributed by atoms with Gasteiger partial charge >= 0.3 is 0 Å². The minimum Gasteiger partial charge on any atom is -0.477 e. The van der Waals surface area contributed by atoms with E-state index in [4.69, 9.17) is 4.74 Å². The maximum atomic E-state index is 5.72. The van der Waals surface area contributed by atoms with Gasteiger partial charge in [-0.25, -0.2) is 0 Å². The summed E-state index contributed by atoms with van der Waals surface area (Å²) in [5.41, 5.74) is 3.79. The number of anilines is 1. The highest BCUT2D eigenvalue weighted by molar-refractivity contribution is 5.54. The Morgan fingerprint density at radius 2 is 2.00 bits per heavy atom. The topological polar surface area (TPSA) is 12.5 Å². The first-order valence-electron chi connectivity index (χ1n) is 5.98. The number of nitrogens with zero attached hydrogens (tertiary/aromatic N) is 1. The van der Waals surface area contributed by atoms with Gasteiger partial charge in [0.25, 0.3) is 0 Å². The summed E-state index contributed by atoms with van der Waals surface area (Å²) in [6, 6.07) is 8.42. The Balaban J connectivity index is 2.24. The molecule has 0 bridgehead atoms. The van der Waals surface area contributed by atoms with E-state index in [1.54, 1.807) is 0 Å². The molecule has 1 aliphatic heterocycles. The highest BCUT2D eigenvalue weighted by Crippen LogP contribution is 2.25. The van der Waals surface area contributed by atoms with Gasteiger partial charge in [-0.05, 0) is 32.4 Å². The Kier molecular flexibility index (Phi) is 3.52. The van der Waals surface area contributed by atoms with Crippen LogP contribution in [0.5, 0.6) is 0 Å². The van der Waals surface area contributed by atoms with E-state index in [1.165, 1.54) is 16.8 Å². The molecule has 2 rings (SSSR count). The molecule has 0 unspecified atom stereocenters. The lowest BCUT2D eigenvalue weighted by Crippen LogP contribution is -2.32. The fourth-order valence-corrected chi connectivity index (χ4v) is 2.07. The fourth-order valence-electron chi connectivity index (χ4n) is 2.07. The standard InChI is InChI=1S/C15H19NO/c1-4-7-14-10-16(11-17-13(14)3)15-9-6-5-8-12(15)2/h4-9H,10-11H2,1-3H3/b7-4-. The molecule has 0 saturated heterocycles. The Bertz CT molecular complexity index is 460. The summed E-state index contributed by atoms with van der Waals surface area (Å²) < 4.78 is 5.72. The predicted octanol–water partition coefficient (Wildman–Crippen LogP) is 3.64. The van der Waals surface area contributed by atoms with Crippen LogP contribution in [0, 0.1) is 6.92 Å². The first-order valence-corrected chi connectivity index (χ1v) is 5.98. The van der Waals surface area contributed by atoms with Crippen LogP contribution in [-0.2, 0) is 4.74 Å². The maximum absolute atomic E-state index is 5.72. The average Bonchev–Trinajstić information content (AvgIpc) is 2.33. The van der Waals surface area contributed by atoms with Gasteiger partial charge in [0.2, 0.25) is 0 Å². The van der Waals surface area contributed by atoms with Crippen LogP contribution in [0.2, 0.25) is 0 Å². The van der Waals surface area contributed by atoms with Crippen LogP contribution in [-0.4, -0.2) is 13.3 Å². The largest absolute Gasteiger partial charge is 0.477 e. The van der Waals surface area contributed by atoms with E-state index in [9.17, 15) is 0 Å². The van der Waals surface area contributed by atoms with E-state index < -0.39 is 0 Å². The SMILES string of the molecule is C/C=C\C1=C(C)OCN(c2ccccc2C)C1. The molecule has 0 aliphatic carbocycles. The molecular weight excluding hydrogens is 210 g/mol. The zero-order valence-electron chi connectivity index (χ0n) is 10.7. The Morgan fingerprint density at radius 1 is 1.24 bits per heavy atom. The monoisotopic (exact) mass is 229 g/mol. The molecule has 0 atom stereocenters. The molecule has 1 heterocycles. The van der Waals surface area contributed by atoms with Crippen molar-refractivity contribution >= 4 is 5.69 Å². The van der Waals surface area contributed by atoms with Crippen molar-refractivity contribution in [2.24, 2.45) is 0 Å². The van der Waals surface area contributed by atoms with Crippen molar-refractivity contribution in [3.05, 3.63) is 53.3 Å². The summed E-state index contributed by atoms with van der Waals surface area (Å²) in [5, 5.41) is 0. The van der Waals surface area contributed by atoms with E-state index in [2.05, 4.69) is 48.2 Å². The third-order valence-electron chi connectivity index (χ3n) is 3.07. The molecule has 0 saturated carbocycles. The number of hydrogen-bond acceptors (Lipinski definition) is 2. The number of aryl methyl sites for hydroxylation is 1. The van der Waals surface area contributed by atoms with E-state index >= 15 is 0 Å². The van der Waals surface area contributed by atoms with Crippen LogP contribution in [0.4, 0.5) is 5.69 Å². The molecule has 0 spiro atoms. The summed E-state index contributed by atoms with van der Waals surface area (Å²) in [5.74, 6) is 1.04. The number of ether oxygens (including phenoxy) is 1. The molecule has 17 heavy (non-hydrogen) atoms. The molecule has 2 nitrogen and oxygen atoms in total. The van der Waals surface area contributed by atoms with Gasteiger partial charge in [0.15, 0.2) is 6.73 Å². The summed E-state index contributed by atoms with van der Waals surface area (Å²) >= 11 is 0. The van der Waals surface area contributed by atoms with Crippen molar-refractivity contribution in [2.75, 3.05) is 18.2 Å². The van der Waals surface area contributed by atoms with Crippen LogP contribution in [0.3, 0.4) is 0 Å². The number of rotatable bonds is 2. The maximum Gasteiger partial charge on any atom is 0.161 e. The van der Waals surface area contributed by atoms with Gasteiger partial charge in [0, 0.05) is 17.8 Å². The van der Waals surface area contributed by atoms with Gasteiger partial charge in [-0.1, -0.05) is 30.4 Å². The van der Waals surface area contributed by atoms with Gasteiger partial charge in [0.05, 0.1) is 0 Å². The van der Waals surface area contributed by atoms with Crippen molar-refractivity contribution in [1.29, 1.82) is 0 Å². The molecule has 2 heteroatoms. The number of para-hydroxylation sites is 1. The third-order valence-corrected chi connectivity index (χ3v) is 3.07. The van der Waals surface area contributed by atoms with Crippen molar-refractivity contribution in [1.82, 2.24) is 0 Å². The van der Waals surface area contributed by atoms with Crippen molar-refractivity contribution < 1.29 is 4.74 Å². The smallest absolute Gasteiger partial charge is 0.161 e. The molecule has 0 aromatic heterocycles. The van der Waals surface area contributed by atoms with Crippen LogP contribution in [0.25, 0.3) is 0 Å². The van der Waals surface area contributed by atoms with Crippen LogP contribution < -0.4 is 4.90 Å². The number of benzene rings is 1. The summed E-state index contributed by atoms with van der Waals surface area (Å²) in [6.45, 7) is 7.76. The van der Waals surface area contributed by atoms with Gasteiger partial charge in [-0.15, -0.1) is 0 Å². The van der Waals surface area contributed by atoms with E-state index in [-0.39, 0.29) is 0 Å². The van der Waals surface area contributed by atoms with Crippen LogP contribution in [0.1, 0.15) is 19.4 Å². The van der Waals surface area contributed by atoms with Crippen molar-refractivity contribution in [3.63, 3.8) is 0 Å². The van der Waals surface area contributed by atoms with Crippen LogP contribution in [0.15, 0.2) is 47.7 Å². The van der Waals surface area contributed by atoms with Crippen LogP contribution >= 0.6 is 0 Å². The number of hydrogen-bond donors (Lipinski definition) is 0. The average molecular weight is 229 g/mol. The third kappa shape index (κ3) is 2.52. The molecular formula is C15H19NO. The zero-order valence-corrected chi connectivity index (χ0v) is 10.7. The van der Waals surface area contributed by atoms with E-state index in [1.807, 2.05) is 13.8 Å². The van der Waals surface area contributed by atoms with Crippen molar-refractivity contribution in [3.8, 4) is 0 Å². The number of allylic oxidation sites excluding steroid dienone is 2. The molecule has 1 aromatic rings. The summed E-state index contributed by atoms with van der Waals surface area (Å²) in [7, 11) is 0. The van der Waals surface area contributed by atoms with Gasteiger partial charge in [-0.2, -0.15) is 0 Å². The Morgan fingerprint density at radius 3 is 2.71 bits per heavy atom. The summed E-state index contributed by atoms with van der Waals surface area (Å²) in [4.78, 5) is 2.26. The lowest BCUT2D eigenvalue weighted by Gasteiger charge is -2.31. The molecule has 0 fully saturated rings. The molecule has 0 N–H and O–H groups in total. The minimum absolute atomic E-state index is 0.637. The second-order valence-corrected chi connectivity index (χ2v) is 4.34. The molecule has 0 radical (unpaired) electrons. The first kappa shape index (κ1) is 11.8. The quantitative estimate of drug-likeness (QED) is 0.767. The highest BCUT2D eigenvalue weighted by Gasteiger charge is 2.17. The summed E-state index contributed by atoms with van der Waals surface area (Å²) in [6.07, 6.45) is 4.18. The predicted molar refractivity (Wildman–Crippen MR) is 72.0 cm³/mol. The molecule has 0 amide bonds. The van der Waals surface area contributed by atoms with Gasteiger partial charge < -0.3 is 9.64 Å². The minimum atomic E-state index is 0.637. The molecule has 1 aromatic carbocycles. The van der Waals surface area contributed by atoms with E-state index in [0.717, 1.165) is 12.3 Å². The Hall–Kier alpha value is -1.70. The second kappa shape index (κ2) is 5.09. The Labute approximate surface area is 103 Å². The second-order valence-electron chi connectivity index (χ2n) is 4.34. The van der Waals surface area contributed by atoms with Gasteiger partial charge in [0.1, 0.15) is 5.76 Å². The normalized spacial score (nSPS) is 16.5. The zero-order chi connectivity index (χ0) is 12.3.